The fourth-order valence-corrected chi connectivity index (χ4v) is 2.40. The van der Waals surface area contributed by atoms with Gasteiger partial charge >= 0.3 is 0 Å². The molecule has 0 fully saturated rings. The summed E-state index contributed by atoms with van der Waals surface area (Å²) in [4.78, 5) is 4.64. The molecule has 0 spiro atoms. The number of benzene rings is 1. The van der Waals surface area contributed by atoms with E-state index in [9.17, 15) is 0 Å². The van der Waals surface area contributed by atoms with E-state index < -0.39 is 0 Å². The molecule has 4 heteroatoms. The molecule has 0 unspecified atom stereocenters. The lowest BCUT2D eigenvalue weighted by Gasteiger charge is -2.05. The molecule has 0 saturated heterocycles. The second-order valence-electron chi connectivity index (χ2n) is 2.18. The molecule has 60 valence electrons. The zero-order chi connectivity index (χ0) is 8.43. The predicted octanol–water partition coefficient (Wildman–Crippen LogP) is 2.77. The van der Waals surface area contributed by atoms with Crippen LogP contribution in [0.3, 0.4) is 0 Å². The van der Waals surface area contributed by atoms with Crippen molar-refractivity contribution >= 4 is 31.9 Å². The highest BCUT2D eigenvalue weighted by Crippen LogP contribution is 2.33. The number of halogens is 2. The monoisotopic (exact) mass is 279 g/mol. The van der Waals surface area contributed by atoms with Crippen LogP contribution >= 0.6 is 31.9 Å². The first-order valence-electron chi connectivity index (χ1n) is 2.97. The van der Waals surface area contributed by atoms with E-state index >= 15 is 0 Å². The van der Waals surface area contributed by atoms with Crippen LogP contribution in [-0.2, 0) is 0 Å². The van der Waals surface area contributed by atoms with Crippen molar-refractivity contribution in [2.75, 3.05) is 0 Å². The summed E-state index contributed by atoms with van der Waals surface area (Å²) in [5, 5.41) is 0. The van der Waals surface area contributed by atoms with E-state index in [0.29, 0.717) is 5.75 Å². The lowest BCUT2D eigenvalue weighted by atomic mass is 10.2. The number of hydrogen-bond acceptors (Lipinski definition) is 2. The average Bonchev–Trinajstić information content (AvgIpc) is 1.85. The van der Waals surface area contributed by atoms with Crippen LogP contribution in [0.15, 0.2) is 21.1 Å². The molecule has 0 aliphatic rings. The lowest BCUT2D eigenvalue weighted by molar-refractivity contribution is 0.330. The first-order chi connectivity index (χ1) is 5.15. The van der Waals surface area contributed by atoms with Crippen LogP contribution in [0.5, 0.6) is 5.75 Å². The summed E-state index contributed by atoms with van der Waals surface area (Å²) < 4.78 is 1.71. The second-order valence-corrected chi connectivity index (χ2v) is 3.88. The normalized spacial score (nSPS) is 9.82. The Morgan fingerprint density at radius 2 is 1.73 bits per heavy atom. The molecule has 0 heterocycles. The summed E-state index contributed by atoms with van der Waals surface area (Å²) >= 11 is 6.65. The van der Waals surface area contributed by atoms with Crippen molar-refractivity contribution in [1.82, 2.24) is 0 Å². The smallest absolute Gasteiger partial charge is 0.175 e. The second kappa shape index (κ2) is 3.56. The molecule has 1 aromatic rings. The van der Waals surface area contributed by atoms with Gasteiger partial charge in [0.1, 0.15) is 0 Å². The van der Waals surface area contributed by atoms with Crippen molar-refractivity contribution in [3.05, 3.63) is 26.6 Å². The number of rotatable bonds is 1. The van der Waals surface area contributed by atoms with E-state index in [2.05, 4.69) is 36.7 Å². The van der Waals surface area contributed by atoms with Crippen molar-refractivity contribution in [2.45, 2.75) is 6.92 Å². The molecular weight excluding hydrogens is 274 g/mol. The quantitative estimate of drug-likeness (QED) is 0.803. The van der Waals surface area contributed by atoms with Crippen LogP contribution in [0.2, 0.25) is 0 Å². The molecule has 0 bridgehead atoms. The van der Waals surface area contributed by atoms with E-state index in [0.717, 1.165) is 14.5 Å². The van der Waals surface area contributed by atoms with Crippen LogP contribution in [0.4, 0.5) is 0 Å². The molecule has 0 saturated carbocycles. The molecule has 0 atom stereocenters. The van der Waals surface area contributed by atoms with E-state index in [1.54, 1.807) is 0 Å². The lowest BCUT2D eigenvalue weighted by Crippen LogP contribution is -2.03. The maximum absolute atomic E-state index is 5.04. The minimum Gasteiger partial charge on any atom is -0.409 e. The Kier molecular flexibility index (Phi) is 2.92. The Bertz CT molecular complexity index is 252. The van der Waals surface area contributed by atoms with Gasteiger partial charge in [0.2, 0.25) is 0 Å². The fourth-order valence-electron chi connectivity index (χ4n) is 0.799. The van der Waals surface area contributed by atoms with Gasteiger partial charge in [-0.3, -0.25) is 0 Å². The van der Waals surface area contributed by atoms with Gasteiger partial charge in [0.25, 0.3) is 0 Å². The Hall–Kier alpha value is -0.0600. The first kappa shape index (κ1) is 9.03. The van der Waals surface area contributed by atoms with Crippen molar-refractivity contribution in [1.29, 1.82) is 0 Å². The average molecular weight is 281 g/mol. The van der Waals surface area contributed by atoms with Crippen molar-refractivity contribution in [3.63, 3.8) is 0 Å². The highest BCUT2D eigenvalue weighted by molar-refractivity contribution is 9.11. The third kappa shape index (κ3) is 1.95. The van der Waals surface area contributed by atoms with Gasteiger partial charge in [-0.1, -0.05) is 0 Å². The van der Waals surface area contributed by atoms with Crippen molar-refractivity contribution in [2.24, 2.45) is 5.90 Å². The molecule has 0 aliphatic carbocycles. The Balaban J connectivity index is 3.25. The molecule has 0 aliphatic heterocycles. The summed E-state index contributed by atoms with van der Waals surface area (Å²) in [7, 11) is 0. The zero-order valence-corrected chi connectivity index (χ0v) is 9.07. The molecular formula is C7H7Br2NO. The number of nitrogens with two attached hydrogens (primary N) is 1. The van der Waals surface area contributed by atoms with Gasteiger partial charge in [0.15, 0.2) is 5.75 Å². The van der Waals surface area contributed by atoms with Gasteiger partial charge in [-0.2, -0.15) is 5.90 Å². The van der Waals surface area contributed by atoms with Crippen LogP contribution in [-0.4, -0.2) is 0 Å². The van der Waals surface area contributed by atoms with E-state index in [-0.39, 0.29) is 0 Å². The third-order valence-electron chi connectivity index (χ3n) is 1.26. The van der Waals surface area contributed by atoms with E-state index in [1.807, 2.05) is 19.1 Å². The van der Waals surface area contributed by atoms with Crippen LogP contribution in [0.25, 0.3) is 0 Å². The molecule has 1 rings (SSSR count). The Morgan fingerprint density at radius 3 is 2.09 bits per heavy atom. The standard InChI is InChI=1S/C7H7Br2NO/c1-4-2-5(8)7(11-10)6(9)3-4/h2-3H,10H2,1H3. The maximum Gasteiger partial charge on any atom is 0.175 e. The van der Waals surface area contributed by atoms with Gasteiger partial charge in [0.05, 0.1) is 8.95 Å². The minimum absolute atomic E-state index is 0.621. The van der Waals surface area contributed by atoms with Gasteiger partial charge in [-0.25, -0.2) is 0 Å². The number of hydrogen-bond donors (Lipinski definition) is 1. The van der Waals surface area contributed by atoms with E-state index in [1.165, 1.54) is 0 Å². The fraction of sp³-hybridized carbons (Fsp3) is 0.143. The van der Waals surface area contributed by atoms with Crippen LogP contribution in [0.1, 0.15) is 5.56 Å². The third-order valence-corrected chi connectivity index (χ3v) is 2.44. The first-order valence-corrected chi connectivity index (χ1v) is 4.56. The maximum atomic E-state index is 5.04. The summed E-state index contributed by atoms with van der Waals surface area (Å²) in [6.07, 6.45) is 0. The summed E-state index contributed by atoms with van der Waals surface area (Å²) in [6.45, 7) is 2.00. The van der Waals surface area contributed by atoms with Gasteiger partial charge in [0, 0.05) is 0 Å². The molecule has 0 amide bonds. The molecule has 11 heavy (non-hydrogen) atoms. The summed E-state index contributed by atoms with van der Waals surface area (Å²) in [5.41, 5.74) is 1.14. The molecule has 2 N–H and O–H groups in total. The van der Waals surface area contributed by atoms with Crippen LogP contribution in [0, 0.1) is 6.92 Å². The van der Waals surface area contributed by atoms with E-state index in [4.69, 9.17) is 5.90 Å². The molecule has 1 aromatic carbocycles. The van der Waals surface area contributed by atoms with Crippen LogP contribution < -0.4 is 10.7 Å². The minimum atomic E-state index is 0.621. The SMILES string of the molecule is Cc1cc(Br)c(ON)c(Br)c1. The van der Waals surface area contributed by atoms with Crippen molar-refractivity contribution in [3.8, 4) is 5.75 Å². The number of aryl methyl sites for hydroxylation is 1. The highest BCUT2D eigenvalue weighted by atomic mass is 79.9. The molecule has 2 nitrogen and oxygen atoms in total. The van der Waals surface area contributed by atoms with Gasteiger partial charge in [-0.15, -0.1) is 0 Å². The zero-order valence-electron chi connectivity index (χ0n) is 5.90. The summed E-state index contributed by atoms with van der Waals surface area (Å²) in [6, 6.07) is 3.87. The highest BCUT2D eigenvalue weighted by Gasteiger charge is 2.05. The van der Waals surface area contributed by atoms with Gasteiger partial charge in [-0.05, 0) is 56.5 Å². The van der Waals surface area contributed by atoms with Crippen molar-refractivity contribution < 1.29 is 4.84 Å². The predicted molar refractivity (Wildman–Crippen MR) is 51.4 cm³/mol. The molecule has 0 aromatic heterocycles. The Labute approximate surface area is 81.9 Å². The van der Waals surface area contributed by atoms with Gasteiger partial charge < -0.3 is 4.84 Å². The Morgan fingerprint density at radius 1 is 1.27 bits per heavy atom. The topological polar surface area (TPSA) is 35.2 Å². The molecule has 0 radical (unpaired) electrons. The largest absolute Gasteiger partial charge is 0.409 e. The summed E-state index contributed by atoms with van der Waals surface area (Å²) in [5.74, 6) is 5.66.